The Kier molecular flexibility index (Phi) is 3.04. The molecule has 0 saturated heterocycles. The summed E-state index contributed by atoms with van der Waals surface area (Å²) in [7, 11) is 0. The Bertz CT molecular complexity index is 672. The van der Waals surface area contributed by atoms with E-state index in [1.165, 1.54) is 18.3 Å². The molecular formula is C13H8N2O2S. The second-order valence-electron chi connectivity index (χ2n) is 3.66. The molecule has 1 aliphatic carbocycles. The molecule has 1 heterocycles. The van der Waals surface area contributed by atoms with Crippen LogP contribution in [0.5, 0.6) is 0 Å². The van der Waals surface area contributed by atoms with E-state index in [0.29, 0.717) is 26.5 Å². The van der Waals surface area contributed by atoms with Crippen molar-refractivity contribution in [1.82, 2.24) is 0 Å². The average molecular weight is 256 g/mol. The second kappa shape index (κ2) is 4.51. The molecule has 1 aromatic rings. The van der Waals surface area contributed by atoms with Crippen LogP contribution in [0.2, 0.25) is 0 Å². The van der Waals surface area contributed by atoms with Crippen LogP contribution >= 0.6 is 11.3 Å². The van der Waals surface area contributed by atoms with E-state index in [1.807, 2.05) is 6.07 Å². The van der Waals surface area contributed by atoms with Gasteiger partial charge in [0.1, 0.15) is 10.9 Å². The molecule has 0 aliphatic heterocycles. The smallest absolute Gasteiger partial charge is 0.204 e. The fourth-order valence-electron chi connectivity index (χ4n) is 1.73. The molecule has 88 valence electrons. The van der Waals surface area contributed by atoms with Gasteiger partial charge in [-0.05, 0) is 25.8 Å². The summed E-state index contributed by atoms with van der Waals surface area (Å²) in [6.07, 6.45) is 2.84. The van der Waals surface area contributed by atoms with Gasteiger partial charge in [0, 0.05) is 22.9 Å². The number of Topliss-reactive ketones (excluding diaryl/α,β-unsaturated/α-hetero) is 2. The lowest BCUT2D eigenvalue weighted by Gasteiger charge is -2.12. The van der Waals surface area contributed by atoms with E-state index < -0.39 is 0 Å². The van der Waals surface area contributed by atoms with Crippen LogP contribution in [0, 0.1) is 11.3 Å². The zero-order valence-corrected chi connectivity index (χ0v) is 10.4. The van der Waals surface area contributed by atoms with Gasteiger partial charge in [0.25, 0.3) is 0 Å². The highest BCUT2D eigenvalue weighted by Crippen LogP contribution is 2.32. The number of hydrogen-bond acceptors (Lipinski definition) is 5. The van der Waals surface area contributed by atoms with Gasteiger partial charge in [-0.25, -0.2) is 0 Å². The highest BCUT2D eigenvalue weighted by Gasteiger charge is 2.31. The van der Waals surface area contributed by atoms with E-state index in [0.717, 1.165) is 11.3 Å². The molecule has 0 unspecified atom stereocenters. The minimum atomic E-state index is -0.242. The molecule has 0 atom stereocenters. The summed E-state index contributed by atoms with van der Waals surface area (Å²) in [5, 5.41) is 8.82. The maximum Gasteiger partial charge on any atom is 0.204 e. The number of hydrogen-bond donors (Lipinski definition) is 0. The summed E-state index contributed by atoms with van der Waals surface area (Å²) < 4.78 is 0. The lowest BCUT2D eigenvalue weighted by atomic mass is 9.90. The van der Waals surface area contributed by atoms with Crippen LogP contribution in [-0.4, -0.2) is 18.3 Å². The summed E-state index contributed by atoms with van der Waals surface area (Å²) in [6, 6.07) is 3.42. The van der Waals surface area contributed by atoms with Crippen LogP contribution in [-0.2, 0) is 0 Å². The topological polar surface area (TPSA) is 70.3 Å². The van der Waals surface area contributed by atoms with Crippen LogP contribution in [0.1, 0.15) is 31.8 Å². The highest BCUT2D eigenvalue weighted by molar-refractivity contribution is 7.15. The molecule has 18 heavy (non-hydrogen) atoms. The van der Waals surface area contributed by atoms with Crippen molar-refractivity contribution in [2.45, 2.75) is 6.92 Å². The number of aliphatic imine (C=N–C) groups is 1. The molecule has 0 spiro atoms. The minimum absolute atomic E-state index is 0.217. The summed E-state index contributed by atoms with van der Waals surface area (Å²) in [5.74, 6) is -0.459. The largest absolute Gasteiger partial charge is 0.289 e. The van der Waals surface area contributed by atoms with E-state index >= 15 is 0 Å². The first-order valence-corrected chi connectivity index (χ1v) is 5.88. The van der Waals surface area contributed by atoms with Crippen molar-refractivity contribution in [3.8, 4) is 6.07 Å². The quantitative estimate of drug-likeness (QED) is 0.763. The van der Waals surface area contributed by atoms with Crippen LogP contribution in [0.25, 0.3) is 0 Å². The fraction of sp³-hybridized carbons (Fsp3) is 0.0769. The Morgan fingerprint density at radius 2 is 2.17 bits per heavy atom. The standard InChI is InChI=1S/C13H8N2O2S/c1-7-9(3-4-15-2)12(17)13-10(11(7)16)5-8(6-14)18-13/h3-5H,2H2,1H3/b4-3-. The molecule has 1 aliphatic rings. The summed E-state index contributed by atoms with van der Waals surface area (Å²) in [6.45, 7) is 4.87. The van der Waals surface area contributed by atoms with Crippen molar-refractivity contribution >= 4 is 29.6 Å². The zero-order valence-electron chi connectivity index (χ0n) is 9.56. The SMILES string of the molecule is C=N/C=C\C1=C(C)C(=O)c2cc(C#N)sc2C1=O. The number of nitriles is 1. The fourth-order valence-corrected chi connectivity index (χ4v) is 2.63. The number of thiophene rings is 1. The Labute approximate surface area is 108 Å². The monoisotopic (exact) mass is 256 g/mol. The van der Waals surface area contributed by atoms with Crippen molar-refractivity contribution in [2.24, 2.45) is 4.99 Å². The Morgan fingerprint density at radius 1 is 1.44 bits per heavy atom. The second-order valence-corrected chi connectivity index (χ2v) is 4.71. The van der Waals surface area contributed by atoms with Gasteiger partial charge < -0.3 is 0 Å². The number of carbonyl (C=O) groups is 2. The van der Waals surface area contributed by atoms with E-state index in [4.69, 9.17) is 5.26 Å². The van der Waals surface area contributed by atoms with Gasteiger partial charge >= 0.3 is 0 Å². The van der Waals surface area contributed by atoms with Crippen molar-refractivity contribution < 1.29 is 9.59 Å². The maximum atomic E-state index is 12.2. The average Bonchev–Trinajstić information content (AvgIpc) is 2.81. The molecule has 0 radical (unpaired) electrons. The van der Waals surface area contributed by atoms with Crippen LogP contribution < -0.4 is 0 Å². The number of carbonyl (C=O) groups excluding carboxylic acids is 2. The Morgan fingerprint density at radius 3 is 2.78 bits per heavy atom. The predicted octanol–water partition coefficient (Wildman–Crippen LogP) is 2.53. The number of allylic oxidation sites excluding steroid dienone is 3. The molecule has 4 nitrogen and oxygen atoms in total. The van der Waals surface area contributed by atoms with Crippen molar-refractivity contribution in [2.75, 3.05) is 0 Å². The molecule has 0 amide bonds. The molecular weight excluding hydrogens is 248 g/mol. The van der Waals surface area contributed by atoms with Gasteiger partial charge in [0.2, 0.25) is 5.78 Å². The van der Waals surface area contributed by atoms with Crippen LogP contribution in [0.3, 0.4) is 0 Å². The third-order valence-electron chi connectivity index (χ3n) is 2.63. The molecule has 0 fully saturated rings. The Hall–Kier alpha value is -2.32. The molecule has 1 aromatic heterocycles. The number of fused-ring (bicyclic) bond motifs is 1. The van der Waals surface area contributed by atoms with Gasteiger partial charge in [-0.1, -0.05) is 0 Å². The van der Waals surface area contributed by atoms with Gasteiger partial charge in [0.05, 0.1) is 4.88 Å². The van der Waals surface area contributed by atoms with Gasteiger partial charge in [-0.15, -0.1) is 11.3 Å². The first-order chi connectivity index (χ1) is 8.60. The van der Waals surface area contributed by atoms with Gasteiger partial charge in [0.15, 0.2) is 5.78 Å². The zero-order chi connectivity index (χ0) is 13.3. The lowest BCUT2D eigenvalue weighted by Crippen LogP contribution is -2.17. The number of ketones is 2. The van der Waals surface area contributed by atoms with E-state index in [-0.39, 0.29) is 11.6 Å². The third-order valence-corrected chi connectivity index (χ3v) is 3.67. The predicted molar refractivity (Wildman–Crippen MR) is 69.1 cm³/mol. The van der Waals surface area contributed by atoms with Gasteiger partial charge in [-0.3, -0.25) is 14.6 Å². The van der Waals surface area contributed by atoms with Crippen molar-refractivity contribution in [3.05, 3.63) is 44.8 Å². The van der Waals surface area contributed by atoms with E-state index in [1.54, 1.807) is 6.92 Å². The summed E-state index contributed by atoms with van der Waals surface area (Å²) >= 11 is 1.04. The molecule has 0 N–H and O–H groups in total. The molecule has 2 rings (SSSR count). The lowest BCUT2D eigenvalue weighted by molar-refractivity contribution is 0.0981. The van der Waals surface area contributed by atoms with Gasteiger partial charge in [-0.2, -0.15) is 5.26 Å². The third kappa shape index (κ3) is 1.73. The summed E-state index contributed by atoms with van der Waals surface area (Å²) in [5.41, 5.74) is 1.00. The minimum Gasteiger partial charge on any atom is -0.289 e. The molecule has 0 aromatic carbocycles. The number of nitrogens with zero attached hydrogens (tertiary/aromatic N) is 2. The first kappa shape index (κ1) is 12.1. The number of rotatable bonds is 2. The maximum absolute atomic E-state index is 12.2. The van der Waals surface area contributed by atoms with Crippen molar-refractivity contribution in [1.29, 1.82) is 5.26 Å². The molecule has 0 saturated carbocycles. The molecule has 5 heteroatoms. The summed E-state index contributed by atoms with van der Waals surface area (Å²) in [4.78, 5) is 28.5. The highest BCUT2D eigenvalue weighted by atomic mass is 32.1. The van der Waals surface area contributed by atoms with Crippen LogP contribution in [0.15, 0.2) is 34.5 Å². The van der Waals surface area contributed by atoms with Crippen LogP contribution in [0.4, 0.5) is 0 Å². The van der Waals surface area contributed by atoms with E-state index in [9.17, 15) is 9.59 Å². The molecule has 0 bridgehead atoms. The van der Waals surface area contributed by atoms with E-state index in [2.05, 4.69) is 11.7 Å². The first-order valence-electron chi connectivity index (χ1n) is 5.06. The normalized spacial score (nSPS) is 14.9. The van der Waals surface area contributed by atoms with Crippen molar-refractivity contribution in [3.63, 3.8) is 0 Å². The Balaban J connectivity index is 2.61.